The van der Waals surface area contributed by atoms with E-state index in [2.05, 4.69) is 23.7 Å². The number of hydrogen-bond acceptors (Lipinski definition) is 4. The molecule has 1 aromatic rings. The summed E-state index contributed by atoms with van der Waals surface area (Å²) < 4.78 is 0. The number of aromatic nitrogens is 1. The van der Waals surface area contributed by atoms with Crippen molar-refractivity contribution in [2.45, 2.75) is 39.2 Å². The summed E-state index contributed by atoms with van der Waals surface area (Å²) in [6, 6.07) is 0.554. The van der Waals surface area contributed by atoms with Gasteiger partial charge in [-0.3, -0.25) is 4.79 Å². The van der Waals surface area contributed by atoms with E-state index in [-0.39, 0.29) is 6.42 Å². The second-order valence-corrected chi connectivity index (χ2v) is 5.68. The summed E-state index contributed by atoms with van der Waals surface area (Å²) in [6.07, 6.45) is 2.44. The first-order valence-electron chi connectivity index (χ1n) is 6.00. The molecule has 1 atom stereocenters. The van der Waals surface area contributed by atoms with Gasteiger partial charge in [0.2, 0.25) is 0 Å². The van der Waals surface area contributed by atoms with Crippen molar-refractivity contribution in [3.63, 3.8) is 0 Å². The predicted octanol–water partition coefficient (Wildman–Crippen LogP) is 2.39. The predicted molar refractivity (Wildman–Crippen MR) is 68.7 cm³/mol. The highest BCUT2D eigenvalue weighted by Crippen LogP contribution is 2.31. The molecule has 1 aliphatic rings. The average Bonchev–Trinajstić information content (AvgIpc) is 2.82. The first kappa shape index (κ1) is 12.4. The molecular formula is C12H18N2O2S. The van der Waals surface area contributed by atoms with Gasteiger partial charge in [0.05, 0.1) is 12.1 Å². The van der Waals surface area contributed by atoms with Crippen molar-refractivity contribution < 1.29 is 9.90 Å². The lowest BCUT2D eigenvalue weighted by Gasteiger charge is -2.27. The molecule has 0 amide bonds. The van der Waals surface area contributed by atoms with Crippen molar-refractivity contribution in [2.24, 2.45) is 5.92 Å². The van der Waals surface area contributed by atoms with Crippen LogP contribution in [0, 0.1) is 5.92 Å². The lowest BCUT2D eigenvalue weighted by atomic mass is 10.0. The Kier molecular flexibility index (Phi) is 3.66. The Labute approximate surface area is 105 Å². The van der Waals surface area contributed by atoms with E-state index < -0.39 is 5.97 Å². The number of thiazole rings is 1. The zero-order chi connectivity index (χ0) is 12.4. The molecule has 1 unspecified atom stereocenters. The van der Waals surface area contributed by atoms with E-state index in [0.29, 0.717) is 17.7 Å². The van der Waals surface area contributed by atoms with Crippen molar-refractivity contribution in [3.05, 3.63) is 11.1 Å². The van der Waals surface area contributed by atoms with E-state index in [9.17, 15) is 4.79 Å². The maximum Gasteiger partial charge on any atom is 0.309 e. The molecular weight excluding hydrogens is 236 g/mol. The molecule has 0 aromatic carbocycles. The zero-order valence-electron chi connectivity index (χ0n) is 10.2. The molecule has 94 valence electrons. The van der Waals surface area contributed by atoms with Crippen LogP contribution in [-0.2, 0) is 11.2 Å². The van der Waals surface area contributed by atoms with E-state index in [0.717, 1.165) is 11.7 Å². The van der Waals surface area contributed by atoms with Crippen LogP contribution in [0.15, 0.2) is 5.38 Å². The summed E-state index contributed by atoms with van der Waals surface area (Å²) in [7, 11) is 0. The SMILES string of the molecule is CC(C)C1CCCN1c1nc(CC(=O)O)cs1. The Morgan fingerprint density at radius 3 is 3.12 bits per heavy atom. The molecule has 2 heterocycles. The molecule has 5 heteroatoms. The molecule has 17 heavy (non-hydrogen) atoms. The molecule has 0 aliphatic carbocycles. The van der Waals surface area contributed by atoms with Gasteiger partial charge in [0.1, 0.15) is 0 Å². The molecule has 0 saturated carbocycles. The van der Waals surface area contributed by atoms with Crippen molar-refractivity contribution in [1.82, 2.24) is 4.98 Å². The zero-order valence-corrected chi connectivity index (χ0v) is 11.0. The number of aliphatic carboxylic acids is 1. The number of carboxylic acids is 1. The Balaban J connectivity index is 2.11. The van der Waals surface area contributed by atoms with Crippen LogP contribution >= 0.6 is 11.3 Å². The third-order valence-corrected chi connectivity index (χ3v) is 4.11. The Morgan fingerprint density at radius 2 is 2.47 bits per heavy atom. The number of carbonyl (C=O) groups is 1. The maximum absolute atomic E-state index is 10.6. The molecule has 1 aliphatic heterocycles. The van der Waals surface area contributed by atoms with Crippen LogP contribution in [0.3, 0.4) is 0 Å². The Bertz CT molecular complexity index is 403. The van der Waals surface area contributed by atoms with Crippen LogP contribution < -0.4 is 4.90 Å². The number of anilines is 1. The minimum Gasteiger partial charge on any atom is -0.481 e. The molecule has 1 aromatic heterocycles. The summed E-state index contributed by atoms with van der Waals surface area (Å²) in [6.45, 7) is 5.51. The van der Waals surface area contributed by atoms with Gasteiger partial charge in [0.15, 0.2) is 5.13 Å². The van der Waals surface area contributed by atoms with Crippen LogP contribution in [0.25, 0.3) is 0 Å². The first-order valence-corrected chi connectivity index (χ1v) is 6.88. The number of carboxylic acid groups (broad SMARTS) is 1. The smallest absolute Gasteiger partial charge is 0.309 e. The molecule has 0 bridgehead atoms. The highest BCUT2D eigenvalue weighted by molar-refractivity contribution is 7.13. The van der Waals surface area contributed by atoms with Crippen molar-refractivity contribution in [2.75, 3.05) is 11.4 Å². The van der Waals surface area contributed by atoms with Crippen LogP contribution in [0.1, 0.15) is 32.4 Å². The number of hydrogen-bond donors (Lipinski definition) is 1. The third kappa shape index (κ3) is 2.77. The summed E-state index contributed by atoms with van der Waals surface area (Å²) >= 11 is 1.56. The normalized spacial score (nSPS) is 20.2. The van der Waals surface area contributed by atoms with Crippen molar-refractivity contribution in [3.8, 4) is 0 Å². The first-order chi connectivity index (χ1) is 8.08. The van der Waals surface area contributed by atoms with Crippen LogP contribution in [-0.4, -0.2) is 28.6 Å². The quantitative estimate of drug-likeness (QED) is 0.896. The average molecular weight is 254 g/mol. The Morgan fingerprint density at radius 1 is 1.71 bits per heavy atom. The fraction of sp³-hybridized carbons (Fsp3) is 0.667. The van der Waals surface area contributed by atoms with Gasteiger partial charge < -0.3 is 10.0 Å². The summed E-state index contributed by atoms with van der Waals surface area (Å²) in [5.41, 5.74) is 0.673. The van der Waals surface area contributed by atoms with E-state index >= 15 is 0 Å². The molecule has 1 saturated heterocycles. The van der Waals surface area contributed by atoms with E-state index in [1.807, 2.05) is 5.38 Å². The van der Waals surface area contributed by atoms with E-state index in [1.165, 1.54) is 12.8 Å². The summed E-state index contributed by atoms with van der Waals surface area (Å²) in [4.78, 5) is 17.4. The topological polar surface area (TPSA) is 53.4 Å². The van der Waals surface area contributed by atoms with Gasteiger partial charge in [-0.2, -0.15) is 0 Å². The van der Waals surface area contributed by atoms with E-state index in [1.54, 1.807) is 11.3 Å². The van der Waals surface area contributed by atoms with Crippen molar-refractivity contribution >= 4 is 22.4 Å². The van der Waals surface area contributed by atoms with Gasteiger partial charge in [-0.1, -0.05) is 13.8 Å². The number of nitrogens with zero attached hydrogens (tertiary/aromatic N) is 2. The largest absolute Gasteiger partial charge is 0.481 e. The van der Waals surface area contributed by atoms with Crippen LogP contribution in [0.4, 0.5) is 5.13 Å². The standard InChI is InChI=1S/C12H18N2O2S/c1-8(2)10-4-3-5-14(10)12-13-9(7-17-12)6-11(15)16/h7-8,10H,3-6H2,1-2H3,(H,15,16). The second kappa shape index (κ2) is 5.04. The third-order valence-electron chi connectivity index (χ3n) is 3.19. The minimum absolute atomic E-state index is 0.0245. The Hall–Kier alpha value is -1.10. The van der Waals surface area contributed by atoms with Gasteiger partial charge in [-0.05, 0) is 18.8 Å². The second-order valence-electron chi connectivity index (χ2n) is 4.84. The van der Waals surface area contributed by atoms with Crippen LogP contribution in [0.5, 0.6) is 0 Å². The van der Waals surface area contributed by atoms with Gasteiger partial charge in [0, 0.05) is 18.0 Å². The minimum atomic E-state index is -0.816. The molecule has 0 radical (unpaired) electrons. The van der Waals surface area contributed by atoms with Crippen molar-refractivity contribution in [1.29, 1.82) is 0 Å². The maximum atomic E-state index is 10.6. The monoisotopic (exact) mass is 254 g/mol. The summed E-state index contributed by atoms with van der Waals surface area (Å²) in [5.74, 6) is -0.201. The molecule has 0 spiro atoms. The van der Waals surface area contributed by atoms with Gasteiger partial charge >= 0.3 is 5.97 Å². The molecule has 1 N–H and O–H groups in total. The van der Waals surface area contributed by atoms with E-state index in [4.69, 9.17) is 5.11 Å². The highest BCUT2D eigenvalue weighted by Gasteiger charge is 2.29. The fourth-order valence-corrected chi connectivity index (χ4v) is 3.30. The van der Waals surface area contributed by atoms with Crippen LogP contribution in [0.2, 0.25) is 0 Å². The summed E-state index contributed by atoms with van der Waals surface area (Å²) in [5, 5.41) is 11.6. The highest BCUT2D eigenvalue weighted by atomic mass is 32.1. The lowest BCUT2D eigenvalue weighted by molar-refractivity contribution is -0.136. The molecule has 2 rings (SSSR count). The van der Waals surface area contributed by atoms with Gasteiger partial charge in [-0.25, -0.2) is 4.98 Å². The molecule has 1 fully saturated rings. The fourth-order valence-electron chi connectivity index (χ4n) is 2.39. The molecule has 4 nitrogen and oxygen atoms in total. The number of rotatable bonds is 4. The lowest BCUT2D eigenvalue weighted by Crippen LogP contribution is -2.33. The van der Waals surface area contributed by atoms with Gasteiger partial charge in [0.25, 0.3) is 0 Å². The van der Waals surface area contributed by atoms with Gasteiger partial charge in [-0.15, -0.1) is 11.3 Å².